The van der Waals surface area contributed by atoms with Crippen LogP contribution >= 0.6 is 11.8 Å². The van der Waals surface area contributed by atoms with E-state index in [-0.39, 0.29) is 17.0 Å². The lowest BCUT2D eigenvalue weighted by atomic mass is 10.2. The minimum absolute atomic E-state index is 0.132. The van der Waals surface area contributed by atoms with Crippen LogP contribution < -0.4 is 0 Å². The van der Waals surface area contributed by atoms with Gasteiger partial charge in [0.25, 0.3) is 0 Å². The standard InChI is InChI=1S/C12H15FO2S/c1-9(7-12(14)15-2)16-8-10-5-3-4-6-11(10)13/h3-6,9H,7-8H2,1-2H3. The van der Waals surface area contributed by atoms with Crippen molar-refractivity contribution in [3.8, 4) is 0 Å². The van der Waals surface area contributed by atoms with Gasteiger partial charge in [0, 0.05) is 11.0 Å². The Morgan fingerprint density at radius 1 is 1.50 bits per heavy atom. The number of hydrogen-bond acceptors (Lipinski definition) is 3. The fraction of sp³-hybridized carbons (Fsp3) is 0.417. The molecule has 16 heavy (non-hydrogen) atoms. The van der Waals surface area contributed by atoms with E-state index in [0.717, 1.165) is 0 Å². The topological polar surface area (TPSA) is 26.3 Å². The fourth-order valence-electron chi connectivity index (χ4n) is 1.22. The summed E-state index contributed by atoms with van der Waals surface area (Å²) in [7, 11) is 1.37. The molecule has 0 amide bonds. The first-order chi connectivity index (χ1) is 7.63. The van der Waals surface area contributed by atoms with Crippen LogP contribution in [0.2, 0.25) is 0 Å². The molecule has 88 valence electrons. The second kappa shape index (κ2) is 6.53. The SMILES string of the molecule is COC(=O)CC(C)SCc1ccccc1F. The third kappa shape index (κ3) is 4.23. The monoisotopic (exact) mass is 242 g/mol. The van der Waals surface area contributed by atoms with E-state index in [1.54, 1.807) is 23.9 Å². The van der Waals surface area contributed by atoms with Gasteiger partial charge in [-0.3, -0.25) is 4.79 Å². The second-order valence-corrected chi connectivity index (χ2v) is 4.92. The van der Waals surface area contributed by atoms with E-state index < -0.39 is 0 Å². The van der Waals surface area contributed by atoms with Gasteiger partial charge in [-0.25, -0.2) is 4.39 Å². The highest BCUT2D eigenvalue weighted by molar-refractivity contribution is 7.99. The van der Waals surface area contributed by atoms with Crippen LogP contribution in [0.3, 0.4) is 0 Å². The number of carbonyl (C=O) groups is 1. The van der Waals surface area contributed by atoms with Gasteiger partial charge in [0.2, 0.25) is 0 Å². The lowest BCUT2D eigenvalue weighted by molar-refractivity contribution is -0.140. The molecule has 1 atom stereocenters. The van der Waals surface area contributed by atoms with Crippen molar-refractivity contribution in [2.45, 2.75) is 24.3 Å². The highest BCUT2D eigenvalue weighted by Gasteiger charge is 2.10. The summed E-state index contributed by atoms with van der Waals surface area (Å²) in [6, 6.07) is 6.68. The Balaban J connectivity index is 2.40. The van der Waals surface area contributed by atoms with Crippen molar-refractivity contribution in [2.75, 3.05) is 7.11 Å². The number of methoxy groups -OCH3 is 1. The molecular formula is C12H15FO2S. The molecule has 1 aromatic carbocycles. The molecule has 0 fully saturated rings. The summed E-state index contributed by atoms with van der Waals surface area (Å²) in [5, 5.41) is 0.132. The van der Waals surface area contributed by atoms with Crippen molar-refractivity contribution >= 4 is 17.7 Å². The van der Waals surface area contributed by atoms with Crippen molar-refractivity contribution in [2.24, 2.45) is 0 Å². The smallest absolute Gasteiger partial charge is 0.306 e. The Morgan fingerprint density at radius 3 is 2.81 bits per heavy atom. The van der Waals surface area contributed by atoms with Crippen LogP contribution in [-0.2, 0) is 15.3 Å². The van der Waals surface area contributed by atoms with Gasteiger partial charge in [0.1, 0.15) is 5.82 Å². The molecule has 0 aliphatic heterocycles. The van der Waals surface area contributed by atoms with Crippen LogP contribution in [0.5, 0.6) is 0 Å². The quantitative estimate of drug-likeness (QED) is 0.742. The zero-order valence-electron chi connectivity index (χ0n) is 9.40. The molecule has 0 radical (unpaired) electrons. The summed E-state index contributed by atoms with van der Waals surface area (Å²) < 4.78 is 17.8. The van der Waals surface area contributed by atoms with E-state index in [1.807, 2.05) is 13.0 Å². The first kappa shape index (κ1) is 13.0. The largest absolute Gasteiger partial charge is 0.469 e. The normalized spacial score (nSPS) is 12.2. The van der Waals surface area contributed by atoms with Crippen LogP contribution in [-0.4, -0.2) is 18.3 Å². The van der Waals surface area contributed by atoms with Crippen molar-refractivity contribution < 1.29 is 13.9 Å². The molecule has 0 N–H and O–H groups in total. The number of carbonyl (C=O) groups excluding carboxylic acids is 1. The van der Waals surface area contributed by atoms with Gasteiger partial charge in [-0.05, 0) is 11.6 Å². The molecule has 0 aromatic heterocycles. The molecule has 4 heteroatoms. The Kier molecular flexibility index (Phi) is 5.32. The maximum absolute atomic E-state index is 13.3. The number of hydrogen-bond donors (Lipinski definition) is 0. The first-order valence-electron chi connectivity index (χ1n) is 5.05. The minimum atomic E-state index is -0.228. The van der Waals surface area contributed by atoms with E-state index in [2.05, 4.69) is 4.74 Å². The minimum Gasteiger partial charge on any atom is -0.469 e. The first-order valence-corrected chi connectivity index (χ1v) is 6.10. The summed E-state index contributed by atoms with van der Waals surface area (Å²) in [6.07, 6.45) is 0.357. The van der Waals surface area contributed by atoms with E-state index in [9.17, 15) is 9.18 Å². The van der Waals surface area contributed by atoms with Gasteiger partial charge >= 0.3 is 5.97 Å². The molecule has 2 nitrogen and oxygen atoms in total. The van der Waals surface area contributed by atoms with Crippen LogP contribution in [0.4, 0.5) is 4.39 Å². The maximum atomic E-state index is 13.3. The van der Waals surface area contributed by atoms with Gasteiger partial charge < -0.3 is 4.74 Å². The highest BCUT2D eigenvalue weighted by atomic mass is 32.2. The molecule has 1 aromatic rings. The van der Waals surface area contributed by atoms with Crippen molar-refractivity contribution in [3.05, 3.63) is 35.6 Å². The molecule has 0 aliphatic carbocycles. The third-order valence-electron chi connectivity index (χ3n) is 2.16. The second-order valence-electron chi connectivity index (χ2n) is 3.49. The molecule has 0 saturated carbocycles. The number of ether oxygens (including phenoxy) is 1. The van der Waals surface area contributed by atoms with Crippen LogP contribution in [0.1, 0.15) is 18.9 Å². The number of halogens is 1. The summed E-state index contributed by atoms with van der Waals surface area (Å²) >= 11 is 1.55. The molecule has 0 spiro atoms. The van der Waals surface area contributed by atoms with E-state index in [1.165, 1.54) is 13.2 Å². The maximum Gasteiger partial charge on any atom is 0.306 e. The summed E-state index contributed by atoms with van der Waals surface area (Å²) in [4.78, 5) is 11.0. The summed E-state index contributed by atoms with van der Waals surface area (Å²) in [6.45, 7) is 1.93. The summed E-state index contributed by atoms with van der Waals surface area (Å²) in [5.74, 6) is 0.152. The van der Waals surface area contributed by atoms with Gasteiger partial charge in [-0.2, -0.15) is 11.8 Å². The fourth-order valence-corrected chi connectivity index (χ4v) is 2.18. The Hall–Kier alpha value is -1.03. The van der Waals surface area contributed by atoms with Crippen molar-refractivity contribution in [3.63, 3.8) is 0 Å². The lowest BCUT2D eigenvalue weighted by Crippen LogP contribution is -2.08. The zero-order chi connectivity index (χ0) is 12.0. The van der Waals surface area contributed by atoms with E-state index >= 15 is 0 Å². The third-order valence-corrected chi connectivity index (χ3v) is 3.38. The van der Waals surface area contributed by atoms with Gasteiger partial charge in [0.05, 0.1) is 13.5 Å². The Bertz CT molecular complexity index is 355. The van der Waals surface area contributed by atoms with E-state index in [0.29, 0.717) is 17.7 Å². The predicted molar refractivity (Wildman–Crippen MR) is 63.8 cm³/mol. The molecular weight excluding hydrogens is 227 g/mol. The van der Waals surface area contributed by atoms with Crippen LogP contribution in [0, 0.1) is 5.82 Å². The number of rotatable bonds is 5. The van der Waals surface area contributed by atoms with Crippen LogP contribution in [0.15, 0.2) is 24.3 Å². The van der Waals surface area contributed by atoms with Crippen molar-refractivity contribution in [1.82, 2.24) is 0 Å². The number of thioether (sulfide) groups is 1. The average molecular weight is 242 g/mol. The number of esters is 1. The zero-order valence-corrected chi connectivity index (χ0v) is 10.2. The average Bonchev–Trinajstić information content (AvgIpc) is 2.28. The number of benzene rings is 1. The Morgan fingerprint density at radius 2 is 2.19 bits per heavy atom. The van der Waals surface area contributed by atoms with Gasteiger partial charge in [-0.1, -0.05) is 25.1 Å². The summed E-state index contributed by atoms with van der Waals surface area (Å²) in [5.41, 5.74) is 0.671. The molecule has 0 heterocycles. The predicted octanol–water partition coefficient (Wildman–Crippen LogP) is 3.01. The molecule has 0 bridgehead atoms. The van der Waals surface area contributed by atoms with E-state index in [4.69, 9.17) is 0 Å². The molecule has 1 rings (SSSR count). The lowest BCUT2D eigenvalue weighted by Gasteiger charge is -2.09. The van der Waals surface area contributed by atoms with Crippen molar-refractivity contribution in [1.29, 1.82) is 0 Å². The molecule has 0 saturated heterocycles. The van der Waals surface area contributed by atoms with Crippen LogP contribution in [0.25, 0.3) is 0 Å². The molecule has 1 unspecified atom stereocenters. The Labute approximate surface area is 99.2 Å². The molecule has 0 aliphatic rings. The highest BCUT2D eigenvalue weighted by Crippen LogP contribution is 2.21. The van der Waals surface area contributed by atoms with Gasteiger partial charge in [0.15, 0.2) is 0 Å². The van der Waals surface area contributed by atoms with Gasteiger partial charge in [-0.15, -0.1) is 0 Å².